The summed E-state index contributed by atoms with van der Waals surface area (Å²) in [5.41, 5.74) is 0.336. The van der Waals surface area contributed by atoms with Gasteiger partial charge in [0.2, 0.25) is 5.76 Å². The molecule has 1 aromatic heterocycles. The van der Waals surface area contributed by atoms with Crippen LogP contribution in [0.3, 0.4) is 0 Å². The molecule has 0 atom stereocenters. The van der Waals surface area contributed by atoms with Crippen molar-refractivity contribution in [2.45, 2.75) is 4.90 Å². The van der Waals surface area contributed by atoms with E-state index in [9.17, 15) is 13.2 Å². The van der Waals surface area contributed by atoms with Crippen LogP contribution in [-0.2, 0) is 14.8 Å². The van der Waals surface area contributed by atoms with Crippen LogP contribution in [-0.4, -0.2) is 21.5 Å². The van der Waals surface area contributed by atoms with Gasteiger partial charge in [-0.3, -0.25) is 0 Å². The second-order valence-corrected chi connectivity index (χ2v) is 6.47. The minimum atomic E-state index is -3.92. The fourth-order valence-electron chi connectivity index (χ4n) is 2.17. The molecule has 6 nitrogen and oxygen atoms in total. The van der Waals surface area contributed by atoms with Gasteiger partial charge in [0.1, 0.15) is 5.58 Å². The minimum absolute atomic E-state index is 0.0643. The van der Waals surface area contributed by atoms with Crippen molar-refractivity contribution >= 4 is 27.0 Å². The molecule has 0 saturated heterocycles. The molecular weight excluding hydrogens is 330 g/mol. The molecule has 0 saturated carbocycles. The number of para-hydroxylation sites is 1. The number of fused-ring (bicyclic) bond motifs is 1. The van der Waals surface area contributed by atoms with Gasteiger partial charge in [0.25, 0.3) is 10.0 Å². The lowest BCUT2D eigenvalue weighted by Gasteiger charge is -2.03. The van der Waals surface area contributed by atoms with E-state index in [0.29, 0.717) is 11.0 Å². The summed E-state index contributed by atoms with van der Waals surface area (Å²) in [6, 6.07) is 15.8. The number of ether oxygens (including phenoxy) is 1. The maximum absolute atomic E-state index is 12.5. The Balaban J connectivity index is 2.30. The van der Waals surface area contributed by atoms with E-state index in [-0.39, 0.29) is 16.0 Å². The van der Waals surface area contributed by atoms with Gasteiger partial charge in [0.15, 0.2) is 0 Å². The highest BCUT2D eigenvalue weighted by Crippen LogP contribution is 2.15. The molecule has 2 aromatic carbocycles. The number of methoxy groups -OCH3 is 1. The van der Waals surface area contributed by atoms with Crippen LogP contribution in [0, 0.1) is 0 Å². The molecule has 0 unspecified atom stereocenters. The summed E-state index contributed by atoms with van der Waals surface area (Å²) in [6.45, 7) is 0. The highest BCUT2D eigenvalue weighted by molar-refractivity contribution is 7.90. The van der Waals surface area contributed by atoms with E-state index in [0.717, 1.165) is 0 Å². The number of benzene rings is 2. The Hall–Kier alpha value is -2.93. The smallest absolute Gasteiger partial charge is 0.374 e. The molecule has 3 rings (SSSR count). The van der Waals surface area contributed by atoms with Crippen LogP contribution in [0.15, 0.2) is 74.4 Å². The number of esters is 1. The molecule has 0 fully saturated rings. The van der Waals surface area contributed by atoms with E-state index in [1.54, 1.807) is 42.5 Å². The molecule has 0 aliphatic carbocycles. The van der Waals surface area contributed by atoms with Crippen molar-refractivity contribution in [1.82, 2.24) is 0 Å². The first-order chi connectivity index (χ1) is 11.5. The zero-order chi connectivity index (χ0) is 17.2. The number of nitrogens with zero attached hydrogens (tertiary/aromatic N) is 1. The summed E-state index contributed by atoms with van der Waals surface area (Å²) >= 11 is 0. The fraction of sp³-hybridized carbons (Fsp3) is 0.0588. The molecule has 0 aliphatic rings. The summed E-state index contributed by atoms with van der Waals surface area (Å²) in [5.74, 6) is -0.840. The van der Waals surface area contributed by atoms with Gasteiger partial charge in [-0.15, -0.1) is 0 Å². The Labute approximate surface area is 138 Å². The summed E-state index contributed by atoms with van der Waals surface area (Å²) in [7, 11) is -2.71. The van der Waals surface area contributed by atoms with Gasteiger partial charge in [-0.25, -0.2) is 4.79 Å². The van der Waals surface area contributed by atoms with E-state index < -0.39 is 16.0 Å². The van der Waals surface area contributed by atoms with Gasteiger partial charge < -0.3 is 9.15 Å². The average molecular weight is 343 g/mol. The third-order valence-corrected chi connectivity index (χ3v) is 4.60. The van der Waals surface area contributed by atoms with E-state index in [1.807, 2.05) is 0 Å². The predicted molar refractivity (Wildman–Crippen MR) is 86.7 cm³/mol. The highest BCUT2D eigenvalue weighted by atomic mass is 32.2. The molecule has 7 heteroatoms. The normalized spacial score (nSPS) is 12.3. The van der Waals surface area contributed by atoms with Gasteiger partial charge in [-0.05, 0) is 24.3 Å². The Morgan fingerprint density at radius 3 is 2.42 bits per heavy atom. The van der Waals surface area contributed by atoms with Gasteiger partial charge in [-0.2, -0.15) is 12.8 Å². The zero-order valence-electron chi connectivity index (χ0n) is 12.7. The highest BCUT2D eigenvalue weighted by Gasteiger charge is 2.15. The van der Waals surface area contributed by atoms with Crippen molar-refractivity contribution in [3.05, 3.63) is 71.8 Å². The van der Waals surface area contributed by atoms with Crippen LogP contribution in [0.5, 0.6) is 0 Å². The lowest BCUT2D eigenvalue weighted by atomic mass is 10.2. The Morgan fingerprint density at radius 1 is 1.04 bits per heavy atom. The predicted octanol–water partition coefficient (Wildman–Crippen LogP) is 2.51. The van der Waals surface area contributed by atoms with Crippen molar-refractivity contribution in [3.8, 4) is 0 Å². The first-order valence-electron chi connectivity index (χ1n) is 6.98. The number of hydrogen-bond donors (Lipinski definition) is 0. The maximum atomic E-state index is 12.5. The van der Waals surface area contributed by atoms with Crippen molar-refractivity contribution in [2.24, 2.45) is 4.40 Å². The Bertz CT molecular complexity index is 1070. The molecule has 1 heterocycles. The standard InChI is InChI=1S/C17H13NO5S/c1-22-17(19)16-11-14(13-9-5-6-10-15(13)23-16)18-24(20,21)12-7-3-2-4-8-12/h2-11H,1H3. The molecular formula is C17H13NO5S. The van der Waals surface area contributed by atoms with E-state index in [4.69, 9.17) is 4.42 Å². The molecule has 0 aliphatic heterocycles. The SMILES string of the molecule is COC(=O)c1cc(=NS(=O)(=O)c2ccccc2)c2ccccc2o1. The van der Waals surface area contributed by atoms with Gasteiger partial charge in [0.05, 0.1) is 17.4 Å². The Morgan fingerprint density at radius 2 is 1.71 bits per heavy atom. The Kier molecular flexibility index (Phi) is 4.18. The van der Waals surface area contributed by atoms with Crippen LogP contribution in [0.4, 0.5) is 0 Å². The third-order valence-electron chi connectivity index (χ3n) is 3.30. The van der Waals surface area contributed by atoms with Crippen molar-refractivity contribution in [3.63, 3.8) is 0 Å². The largest absolute Gasteiger partial charge is 0.463 e. The van der Waals surface area contributed by atoms with E-state index >= 15 is 0 Å². The number of hydrogen-bond acceptors (Lipinski definition) is 5. The molecule has 3 aromatic rings. The van der Waals surface area contributed by atoms with Crippen molar-refractivity contribution in [1.29, 1.82) is 0 Å². The van der Waals surface area contributed by atoms with Crippen LogP contribution in [0.2, 0.25) is 0 Å². The molecule has 0 N–H and O–H groups in total. The summed E-state index contributed by atoms with van der Waals surface area (Å²) < 4.78 is 38.9. The van der Waals surface area contributed by atoms with Gasteiger partial charge in [-0.1, -0.05) is 30.3 Å². The lowest BCUT2D eigenvalue weighted by Crippen LogP contribution is -2.12. The first-order valence-corrected chi connectivity index (χ1v) is 8.42. The number of carbonyl (C=O) groups excluding carboxylic acids is 1. The van der Waals surface area contributed by atoms with Crippen LogP contribution < -0.4 is 5.36 Å². The molecule has 0 amide bonds. The average Bonchev–Trinajstić information content (AvgIpc) is 2.61. The summed E-state index contributed by atoms with van der Waals surface area (Å²) in [4.78, 5) is 11.8. The first kappa shape index (κ1) is 15.9. The number of carbonyl (C=O) groups is 1. The van der Waals surface area contributed by atoms with Crippen LogP contribution >= 0.6 is 0 Å². The van der Waals surface area contributed by atoms with Crippen LogP contribution in [0.25, 0.3) is 11.0 Å². The lowest BCUT2D eigenvalue weighted by molar-refractivity contribution is 0.0565. The molecule has 24 heavy (non-hydrogen) atoms. The van der Waals surface area contributed by atoms with Gasteiger partial charge in [0, 0.05) is 11.5 Å². The second kappa shape index (κ2) is 6.29. The summed E-state index contributed by atoms with van der Waals surface area (Å²) in [6.07, 6.45) is 0. The molecule has 0 spiro atoms. The summed E-state index contributed by atoms with van der Waals surface area (Å²) in [5, 5.41) is 0.589. The minimum Gasteiger partial charge on any atom is -0.463 e. The van der Waals surface area contributed by atoms with Crippen molar-refractivity contribution < 1.29 is 22.4 Å². The number of rotatable bonds is 3. The quantitative estimate of drug-likeness (QED) is 0.682. The monoisotopic (exact) mass is 343 g/mol. The van der Waals surface area contributed by atoms with Crippen LogP contribution in [0.1, 0.15) is 10.6 Å². The van der Waals surface area contributed by atoms with E-state index in [1.165, 1.54) is 25.3 Å². The van der Waals surface area contributed by atoms with E-state index in [2.05, 4.69) is 9.13 Å². The third kappa shape index (κ3) is 3.07. The molecule has 0 radical (unpaired) electrons. The second-order valence-electron chi connectivity index (χ2n) is 4.86. The van der Waals surface area contributed by atoms with Crippen molar-refractivity contribution in [2.75, 3.05) is 7.11 Å². The zero-order valence-corrected chi connectivity index (χ0v) is 13.5. The number of sulfonamides is 1. The topological polar surface area (TPSA) is 85.9 Å². The maximum Gasteiger partial charge on any atom is 0.374 e. The fourth-order valence-corrected chi connectivity index (χ4v) is 3.18. The molecule has 0 bridgehead atoms. The molecule has 122 valence electrons. The van der Waals surface area contributed by atoms with Gasteiger partial charge >= 0.3 is 5.97 Å².